The van der Waals surface area contributed by atoms with E-state index < -0.39 is 11.6 Å². The summed E-state index contributed by atoms with van der Waals surface area (Å²) in [7, 11) is 0. The standard InChI is InChI=1S/C19H14F2N2O/c20-15-6-7-16(21)18-14(15)10-17(22-18)19(24)23-9-8-13(11-23)12-4-2-1-3-5-12/h1-8,10,22H,9,11H2. The lowest BCUT2D eigenvalue weighted by Gasteiger charge is -2.15. The van der Waals surface area contributed by atoms with Gasteiger partial charge in [-0.15, -0.1) is 0 Å². The second kappa shape index (κ2) is 5.60. The highest BCUT2D eigenvalue weighted by Crippen LogP contribution is 2.25. The van der Waals surface area contributed by atoms with E-state index in [9.17, 15) is 13.6 Å². The Hall–Kier alpha value is -2.95. The number of benzene rings is 2. The molecule has 0 saturated heterocycles. The third-order valence-electron chi connectivity index (χ3n) is 4.27. The van der Waals surface area contributed by atoms with Crippen molar-refractivity contribution >= 4 is 22.4 Å². The van der Waals surface area contributed by atoms with Crippen molar-refractivity contribution in [2.45, 2.75) is 0 Å². The van der Waals surface area contributed by atoms with Crippen molar-refractivity contribution in [1.29, 1.82) is 0 Å². The maximum atomic E-state index is 13.8. The summed E-state index contributed by atoms with van der Waals surface area (Å²) < 4.78 is 27.6. The van der Waals surface area contributed by atoms with Crippen LogP contribution < -0.4 is 0 Å². The summed E-state index contributed by atoms with van der Waals surface area (Å²) in [6, 6.07) is 13.3. The van der Waals surface area contributed by atoms with E-state index in [0.29, 0.717) is 13.1 Å². The number of amides is 1. The Kier molecular flexibility index (Phi) is 3.41. The Morgan fingerprint density at radius 3 is 2.54 bits per heavy atom. The zero-order valence-electron chi connectivity index (χ0n) is 12.7. The van der Waals surface area contributed by atoms with Gasteiger partial charge in [-0.25, -0.2) is 8.78 Å². The second-order valence-corrected chi connectivity index (χ2v) is 5.78. The maximum absolute atomic E-state index is 13.8. The molecule has 120 valence electrons. The average Bonchev–Trinajstić information content (AvgIpc) is 3.26. The van der Waals surface area contributed by atoms with Gasteiger partial charge in [-0.05, 0) is 29.3 Å². The third kappa shape index (κ3) is 2.38. The molecule has 3 nitrogen and oxygen atoms in total. The molecule has 0 saturated carbocycles. The quantitative estimate of drug-likeness (QED) is 0.760. The van der Waals surface area contributed by atoms with Gasteiger partial charge in [-0.3, -0.25) is 4.79 Å². The minimum Gasteiger partial charge on any atom is -0.348 e. The Morgan fingerprint density at radius 1 is 1.04 bits per heavy atom. The third-order valence-corrected chi connectivity index (χ3v) is 4.27. The van der Waals surface area contributed by atoms with Gasteiger partial charge in [0.1, 0.15) is 17.3 Å². The topological polar surface area (TPSA) is 36.1 Å². The van der Waals surface area contributed by atoms with E-state index in [1.807, 2.05) is 36.4 Å². The van der Waals surface area contributed by atoms with E-state index in [2.05, 4.69) is 4.98 Å². The number of nitrogens with zero attached hydrogens (tertiary/aromatic N) is 1. The van der Waals surface area contributed by atoms with Gasteiger partial charge in [0.15, 0.2) is 0 Å². The molecule has 0 radical (unpaired) electrons. The van der Waals surface area contributed by atoms with E-state index in [4.69, 9.17) is 0 Å². The minimum atomic E-state index is -0.574. The molecular formula is C19H14F2N2O. The molecule has 5 heteroatoms. The molecule has 3 aromatic rings. The second-order valence-electron chi connectivity index (χ2n) is 5.78. The van der Waals surface area contributed by atoms with Crippen LogP contribution >= 0.6 is 0 Å². The monoisotopic (exact) mass is 324 g/mol. The summed E-state index contributed by atoms with van der Waals surface area (Å²) in [5.74, 6) is -1.40. The van der Waals surface area contributed by atoms with Crippen LogP contribution in [0, 0.1) is 11.6 Å². The SMILES string of the molecule is O=C(c1cc2c(F)ccc(F)c2[nH]1)N1CC=C(c2ccccc2)C1. The van der Waals surface area contributed by atoms with E-state index >= 15 is 0 Å². The lowest BCUT2D eigenvalue weighted by atomic mass is 10.1. The smallest absolute Gasteiger partial charge is 0.270 e. The lowest BCUT2D eigenvalue weighted by Crippen LogP contribution is -2.29. The van der Waals surface area contributed by atoms with Gasteiger partial charge < -0.3 is 9.88 Å². The van der Waals surface area contributed by atoms with Crippen LogP contribution in [0.2, 0.25) is 0 Å². The lowest BCUT2D eigenvalue weighted by molar-refractivity contribution is 0.0796. The Bertz CT molecular complexity index is 921. The molecule has 24 heavy (non-hydrogen) atoms. The molecule has 0 fully saturated rings. The van der Waals surface area contributed by atoms with Crippen LogP contribution in [0.25, 0.3) is 16.5 Å². The van der Waals surface area contributed by atoms with Crippen molar-refractivity contribution in [1.82, 2.24) is 9.88 Å². The number of rotatable bonds is 2. The number of aromatic nitrogens is 1. The molecule has 0 unspecified atom stereocenters. The zero-order valence-corrected chi connectivity index (χ0v) is 12.7. The van der Waals surface area contributed by atoms with Crippen LogP contribution in [0.1, 0.15) is 16.1 Å². The van der Waals surface area contributed by atoms with E-state index in [1.165, 1.54) is 6.07 Å². The van der Waals surface area contributed by atoms with Crippen molar-refractivity contribution in [3.8, 4) is 0 Å². The number of fused-ring (bicyclic) bond motifs is 1. The van der Waals surface area contributed by atoms with Gasteiger partial charge in [0, 0.05) is 18.5 Å². The molecule has 2 heterocycles. The first kappa shape index (κ1) is 14.6. The Balaban J connectivity index is 1.60. The van der Waals surface area contributed by atoms with Gasteiger partial charge in [-0.2, -0.15) is 0 Å². The first-order chi connectivity index (χ1) is 11.6. The molecule has 1 aliphatic heterocycles. The predicted molar refractivity (Wildman–Crippen MR) is 88.5 cm³/mol. The highest BCUT2D eigenvalue weighted by atomic mass is 19.1. The molecule has 1 aliphatic rings. The number of hydrogen-bond acceptors (Lipinski definition) is 1. The fourth-order valence-corrected chi connectivity index (χ4v) is 3.01. The summed E-state index contributed by atoms with van der Waals surface area (Å²) in [6.45, 7) is 0.951. The molecule has 1 aromatic heterocycles. The number of carbonyl (C=O) groups excluding carboxylic acids is 1. The van der Waals surface area contributed by atoms with Crippen LogP contribution in [0.3, 0.4) is 0 Å². The molecule has 1 N–H and O–H groups in total. The molecule has 0 atom stereocenters. The van der Waals surface area contributed by atoms with Crippen molar-refractivity contribution in [3.05, 3.63) is 77.5 Å². The van der Waals surface area contributed by atoms with Gasteiger partial charge >= 0.3 is 0 Å². The number of aromatic amines is 1. The molecule has 1 amide bonds. The number of H-pyrrole nitrogens is 1. The fourth-order valence-electron chi connectivity index (χ4n) is 3.01. The van der Waals surface area contributed by atoms with Gasteiger partial charge in [0.25, 0.3) is 5.91 Å². The molecule has 0 spiro atoms. The maximum Gasteiger partial charge on any atom is 0.270 e. The largest absolute Gasteiger partial charge is 0.348 e. The normalized spacial score (nSPS) is 14.2. The van der Waals surface area contributed by atoms with Crippen LogP contribution in [-0.4, -0.2) is 28.9 Å². The number of carbonyl (C=O) groups is 1. The average molecular weight is 324 g/mol. The van der Waals surface area contributed by atoms with Crippen LogP contribution in [0.15, 0.2) is 54.6 Å². The number of nitrogens with one attached hydrogen (secondary N) is 1. The van der Waals surface area contributed by atoms with Crippen molar-refractivity contribution in [2.24, 2.45) is 0 Å². The van der Waals surface area contributed by atoms with E-state index in [1.54, 1.807) is 4.90 Å². The van der Waals surface area contributed by atoms with Gasteiger partial charge in [0.05, 0.1) is 5.52 Å². The first-order valence-corrected chi connectivity index (χ1v) is 7.64. The summed E-state index contributed by atoms with van der Waals surface area (Å²) >= 11 is 0. The van der Waals surface area contributed by atoms with Crippen molar-refractivity contribution < 1.29 is 13.6 Å². The number of halogens is 2. The van der Waals surface area contributed by atoms with Gasteiger partial charge in [-0.1, -0.05) is 36.4 Å². The molecule has 4 rings (SSSR count). The first-order valence-electron chi connectivity index (χ1n) is 7.64. The summed E-state index contributed by atoms with van der Waals surface area (Å²) in [6.07, 6.45) is 2.00. The summed E-state index contributed by atoms with van der Waals surface area (Å²) in [4.78, 5) is 17.0. The number of hydrogen-bond donors (Lipinski definition) is 1. The van der Waals surface area contributed by atoms with Crippen LogP contribution in [0.5, 0.6) is 0 Å². The molecule has 2 aromatic carbocycles. The van der Waals surface area contributed by atoms with Crippen LogP contribution in [0.4, 0.5) is 8.78 Å². The molecular weight excluding hydrogens is 310 g/mol. The molecule has 0 aliphatic carbocycles. The summed E-state index contributed by atoms with van der Waals surface area (Å²) in [5.41, 5.74) is 2.35. The van der Waals surface area contributed by atoms with Gasteiger partial charge in [0.2, 0.25) is 0 Å². The van der Waals surface area contributed by atoms with E-state index in [0.717, 1.165) is 23.3 Å². The van der Waals surface area contributed by atoms with E-state index in [-0.39, 0.29) is 22.5 Å². The predicted octanol–water partition coefficient (Wildman–Crippen LogP) is 3.99. The minimum absolute atomic E-state index is 0.0220. The Labute approximate surface area is 137 Å². The van der Waals surface area contributed by atoms with Crippen molar-refractivity contribution in [2.75, 3.05) is 13.1 Å². The highest BCUT2D eigenvalue weighted by Gasteiger charge is 2.24. The summed E-state index contributed by atoms with van der Waals surface area (Å²) in [5, 5.41) is 0.0915. The highest BCUT2D eigenvalue weighted by molar-refractivity contribution is 5.99. The zero-order chi connectivity index (χ0) is 16.7. The Morgan fingerprint density at radius 2 is 1.79 bits per heavy atom. The van der Waals surface area contributed by atoms with Crippen molar-refractivity contribution in [3.63, 3.8) is 0 Å². The van der Waals surface area contributed by atoms with Crippen LogP contribution in [-0.2, 0) is 0 Å². The molecule has 0 bridgehead atoms. The fraction of sp³-hybridized carbons (Fsp3) is 0.105.